The normalized spacial score (nSPS) is 21.3. The zero-order valence-electron chi connectivity index (χ0n) is 7.04. The second-order valence-corrected chi connectivity index (χ2v) is 4.39. The zero-order valence-corrected chi connectivity index (χ0v) is 8.67. The van der Waals surface area contributed by atoms with Crippen LogP contribution >= 0.6 is 23.7 Å². The van der Waals surface area contributed by atoms with Crippen LogP contribution < -0.4 is 5.73 Å². The summed E-state index contributed by atoms with van der Waals surface area (Å²) in [5.41, 5.74) is 7.14. The van der Waals surface area contributed by atoms with Gasteiger partial charge in [0.1, 0.15) is 0 Å². The van der Waals surface area contributed by atoms with Crippen LogP contribution in [0.4, 0.5) is 0 Å². The van der Waals surface area contributed by atoms with Gasteiger partial charge in [-0.1, -0.05) is 0 Å². The predicted molar refractivity (Wildman–Crippen MR) is 54.1 cm³/mol. The summed E-state index contributed by atoms with van der Waals surface area (Å²) in [7, 11) is 0. The van der Waals surface area contributed by atoms with Crippen LogP contribution in [0.2, 0.25) is 0 Å². The number of aryl methyl sites for hydroxylation is 2. The number of nitrogens with two attached hydrogens (primary N) is 1. The number of nitrogens with zero attached hydrogens (tertiary/aromatic N) is 1. The fourth-order valence-corrected chi connectivity index (χ4v) is 2.60. The highest BCUT2D eigenvalue weighted by molar-refractivity contribution is 7.11. The van der Waals surface area contributed by atoms with E-state index in [9.17, 15) is 0 Å². The highest BCUT2D eigenvalue weighted by atomic mass is 35.5. The fraction of sp³-hybridized carbons (Fsp3) is 0.625. The molecule has 2 rings (SSSR count). The van der Waals surface area contributed by atoms with Gasteiger partial charge >= 0.3 is 0 Å². The number of hydrogen-bond acceptors (Lipinski definition) is 3. The number of aromatic nitrogens is 1. The van der Waals surface area contributed by atoms with Crippen LogP contribution in [0.15, 0.2) is 0 Å². The molecule has 68 valence electrons. The maximum Gasteiger partial charge on any atom is 0.0900 e. The first-order valence-electron chi connectivity index (χ1n) is 3.96. The molecule has 4 heteroatoms. The van der Waals surface area contributed by atoms with Gasteiger partial charge in [0.15, 0.2) is 0 Å². The minimum atomic E-state index is 0. The fourth-order valence-electron chi connectivity index (χ4n) is 1.53. The Labute approximate surface area is 82.6 Å². The molecule has 0 amide bonds. The van der Waals surface area contributed by atoms with Gasteiger partial charge in [0.25, 0.3) is 0 Å². The molecular weight excluding hydrogens is 192 g/mol. The number of fused-ring (bicyclic) bond motifs is 1. The molecule has 0 spiro atoms. The van der Waals surface area contributed by atoms with E-state index in [1.54, 1.807) is 11.3 Å². The van der Waals surface area contributed by atoms with E-state index in [1.807, 2.05) is 0 Å². The first-order chi connectivity index (χ1) is 5.25. The molecular formula is C8H13ClN2S. The van der Waals surface area contributed by atoms with Gasteiger partial charge in [-0.3, -0.25) is 0 Å². The van der Waals surface area contributed by atoms with Gasteiger partial charge < -0.3 is 5.73 Å². The Bertz CT molecular complexity index is 272. The van der Waals surface area contributed by atoms with E-state index < -0.39 is 0 Å². The molecule has 1 heterocycles. The lowest BCUT2D eigenvalue weighted by Gasteiger charge is -2.15. The SMILES string of the molecule is Cc1nc2c(s1)CC(N)CC2.Cl. The molecule has 1 atom stereocenters. The van der Waals surface area contributed by atoms with Crippen molar-refractivity contribution >= 4 is 23.7 Å². The summed E-state index contributed by atoms with van der Waals surface area (Å²) in [6, 6.07) is 0.377. The van der Waals surface area contributed by atoms with Crippen LogP contribution in [0.1, 0.15) is 22.0 Å². The quantitative estimate of drug-likeness (QED) is 0.699. The molecule has 1 aliphatic rings. The monoisotopic (exact) mass is 204 g/mol. The van der Waals surface area contributed by atoms with Crippen LogP contribution in [0.5, 0.6) is 0 Å². The van der Waals surface area contributed by atoms with Gasteiger partial charge in [-0.05, 0) is 26.2 Å². The standard InChI is InChI=1S/C8H12N2S.ClH/c1-5-10-7-3-2-6(9)4-8(7)11-5;/h6H,2-4,9H2,1H3;1H. The lowest BCUT2D eigenvalue weighted by atomic mass is 9.99. The largest absolute Gasteiger partial charge is 0.327 e. The zero-order chi connectivity index (χ0) is 7.84. The third kappa shape index (κ3) is 1.79. The Balaban J connectivity index is 0.000000720. The van der Waals surface area contributed by atoms with Crippen LogP contribution in [0.3, 0.4) is 0 Å². The molecule has 2 nitrogen and oxygen atoms in total. The van der Waals surface area contributed by atoms with E-state index in [0.29, 0.717) is 6.04 Å². The van der Waals surface area contributed by atoms with E-state index in [0.717, 1.165) is 19.3 Å². The second kappa shape index (κ2) is 3.73. The summed E-state index contributed by atoms with van der Waals surface area (Å²) in [5.74, 6) is 0. The van der Waals surface area contributed by atoms with Crippen LogP contribution in [-0.2, 0) is 12.8 Å². The van der Waals surface area contributed by atoms with Crippen molar-refractivity contribution in [3.05, 3.63) is 15.6 Å². The van der Waals surface area contributed by atoms with Crippen molar-refractivity contribution in [3.8, 4) is 0 Å². The third-order valence-corrected chi connectivity index (χ3v) is 3.12. The number of rotatable bonds is 0. The highest BCUT2D eigenvalue weighted by Gasteiger charge is 2.18. The molecule has 0 fully saturated rings. The molecule has 0 saturated carbocycles. The number of thiazole rings is 1. The van der Waals surface area contributed by atoms with Gasteiger partial charge in [0.05, 0.1) is 10.7 Å². The van der Waals surface area contributed by atoms with Gasteiger partial charge in [-0.15, -0.1) is 23.7 Å². The average Bonchev–Trinajstić information content (AvgIpc) is 2.27. The summed E-state index contributed by atoms with van der Waals surface area (Å²) < 4.78 is 0. The maximum absolute atomic E-state index is 5.84. The Morgan fingerprint density at radius 1 is 1.58 bits per heavy atom. The number of halogens is 1. The Hall–Kier alpha value is -0.120. The Kier molecular flexibility index (Phi) is 3.09. The average molecular weight is 205 g/mol. The molecule has 12 heavy (non-hydrogen) atoms. The Morgan fingerprint density at radius 3 is 3.08 bits per heavy atom. The molecule has 0 bridgehead atoms. The second-order valence-electron chi connectivity index (χ2n) is 3.11. The van der Waals surface area contributed by atoms with E-state index in [4.69, 9.17) is 5.73 Å². The van der Waals surface area contributed by atoms with Crippen molar-refractivity contribution in [1.29, 1.82) is 0 Å². The molecule has 1 aromatic rings. The highest BCUT2D eigenvalue weighted by Crippen LogP contribution is 2.25. The van der Waals surface area contributed by atoms with Crippen molar-refractivity contribution in [2.24, 2.45) is 5.73 Å². The minimum Gasteiger partial charge on any atom is -0.327 e. The smallest absolute Gasteiger partial charge is 0.0900 e. The van der Waals surface area contributed by atoms with Crippen LogP contribution in [0, 0.1) is 6.92 Å². The first-order valence-corrected chi connectivity index (χ1v) is 4.78. The molecule has 0 radical (unpaired) electrons. The van der Waals surface area contributed by atoms with Crippen molar-refractivity contribution < 1.29 is 0 Å². The van der Waals surface area contributed by atoms with Gasteiger partial charge in [-0.2, -0.15) is 0 Å². The van der Waals surface area contributed by atoms with Crippen molar-refractivity contribution in [2.45, 2.75) is 32.2 Å². The summed E-state index contributed by atoms with van der Waals surface area (Å²) in [4.78, 5) is 5.87. The molecule has 2 N–H and O–H groups in total. The molecule has 1 aromatic heterocycles. The summed E-state index contributed by atoms with van der Waals surface area (Å²) in [5, 5.41) is 1.18. The van der Waals surface area contributed by atoms with Crippen LogP contribution in [0.25, 0.3) is 0 Å². The van der Waals surface area contributed by atoms with E-state index >= 15 is 0 Å². The topological polar surface area (TPSA) is 38.9 Å². The predicted octanol–water partition coefficient (Wildman–Crippen LogP) is 1.69. The molecule has 0 saturated heterocycles. The lowest BCUT2D eigenvalue weighted by molar-refractivity contribution is 0.576. The van der Waals surface area contributed by atoms with Crippen molar-refractivity contribution in [3.63, 3.8) is 0 Å². The molecule has 1 unspecified atom stereocenters. The molecule has 1 aliphatic carbocycles. The van der Waals surface area contributed by atoms with Gasteiger partial charge in [0, 0.05) is 10.9 Å². The van der Waals surface area contributed by atoms with E-state index in [-0.39, 0.29) is 12.4 Å². The van der Waals surface area contributed by atoms with Crippen LogP contribution in [-0.4, -0.2) is 11.0 Å². The summed E-state index contributed by atoms with van der Waals surface area (Å²) in [6.45, 7) is 2.06. The first kappa shape index (κ1) is 9.96. The van der Waals surface area contributed by atoms with Crippen molar-refractivity contribution in [2.75, 3.05) is 0 Å². The van der Waals surface area contributed by atoms with E-state index in [2.05, 4.69) is 11.9 Å². The maximum atomic E-state index is 5.84. The third-order valence-electron chi connectivity index (χ3n) is 2.08. The van der Waals surface area contributed by atoms with Gasteiger partial charge in [-0.25, -0.2) is 4.98 Å². The molecule has 0 aromatic carbocycles. The van der Waals surface area contributed by atoms with Crippen molar-refractivity contribution in [1.82, 2.24) is 4.98 Å². The lowest BCUT2D eigenvalue weighted by Crippen LogP contribution is -2.26. The minimum absolute atomic E-state index is 0. The molecule has 0 aliphatic heterocycles. The summed E-state index contributed by atoms with van der Waals surface area (Å²) >= 11 is 1.80. The van der Waals surface area contributed by atoms with Gasteiger partial charge in [0.2, 0.25) is 0 Å². The number of hydrogen-bond donors (Lipinski definition) is 1. The summed E-state index contributed by atoms with van der Waals surface area (Å²) in [6.07, 6.45) is 3.23. The Morgan fingerprint density at radius 2 is 2.33 bits per heavy atom. The van der Waals surface area contributed by atoms with E-state index in [1.165, 1.54) is 15.6 Å².